The van der Waals surface area contributed by atoms with Crippen LogP contribution < -0.4 is 5.32 Å². The van der Waals surface area contributed by atoms with Gasteiger partial charge in [-0.1, -0.05) is 23.2 Å². The molecule has 4 heteroatoms. The largest absolute Gasteiger partial charge is 0.318 e. The number of aromatic nitrogens is 2. The van der Waals surface area contributed by atoms with Crippen LogP contribution in [0.15, 0.2) is 18.2 Å². The van der Waals surface area contributed by atoms with Crippen LogP contribution in [0, 0.1) is 6.92 Å². The van der Waals surface area contributed by atoms with Gasteiger partial charge in [0.05, 0.1) is 12.1 Å². The highest BCUT2D eigenvalue weighted by atomic mass is 35.5. The second-order valence-electron chi connectivity index (χ2n) is 3.64. The molecule has 1 heterocycles. The first kappa shape index (κ1) is 10.5. The Kier molecular flexibility index (Phi) is 2.93. The molecule has 1 aromatic heterocycles. The summed E-state index contributed by atoms with van der Waals surface area (Å²) >= 11 is 6.24. The van der Waals surface area contributed by atoms with E-state index < -0.39 is 0 Å². The van der Waals surface area contributed by atoms with Gasteiger partial charge in [0.25, 0.3) is 0 Å². The summed E-state index contributed by atoms with van der Waals surface area (Å²) in [6.45, 7) is 3.72. The molecule has 0 aliphatic carbocycles. The van der Waals surface area contributed by atoms with E-state index in [1.54, 1.807) is 0 Å². The van der Waals surface area contributed by atoms with Crippen molar-refractivity contribution < 1.29 is 0 Å². The first-order chi connectivity index (χ1) is 7.22. The lowest BCUT2D eigenvalue weighted by Crippen LogP contribution is -2.15. The monoisotopic (exact) mass is 223 g/mol. The molecule has 0 atom stereocenters. The smallest absolute Gasteiger partial charge is 0.134 e. The third-order valence-corrected chi connectivity index (χ3v) is 2.80. The van der Waals surface area contributed by atoms with E-state index in [0.29, 0.717) is 0 Å². The van der Waals surface area contributed by atoms with Gasteiger partial charge < -0.3 is 5.32 Å². The molecule has 0 radical (unpaired) electrons. The first-order valence-electron chi connectivity index (χ1n) is 4.99. The molecule has 3 nitrogen and oxygen atoms in total. The van der Waals surface area contributed by atoms with Gasteiger partial charge in [0.15, 0.2) is 0 Å². The number of aryl methyl sites for hydroxylation is 1. The lowest BCUT2D eigenvalue weighted by atomic mass is 10.2. The van der Waals surface area contributed by atoms with Crippen LogP contribution in [0.5, 0.6) is 0 Å². The van der Waals surface area contributed by atoms with E-state index in [1.165, 1.54) is 5.56 Å². The van der Waals surface area contributed by atoms with Crippen molar-refractivity contribution in [1.29, 1.82) is 0 Å². The van der Waals surface area contributed by atoms with Crippen LogP contribution in [0.1, 0.15) is 5.56 Å². The highest BCUT2D eigenvalue weighted by molar-refractivity contribution is 6.34. The molecular formula is C11H14ClN3. The minimum Gasteiger partial charge on any atom is -0.318 e. The van der Waals surface area contributed by atoms with E-state index in [-0.39, 0.29) is 0 Å². The molecule has 0 fully saturated rings. The maximum atomic E-state index is 6.24. The zero-order valence-corrected chi connectivity index (χ0v) is 9.67. The summed E-state index contributed by atoms with van der Waals surface area (Å²) in [4.78, 5) is 0. The topological polar surface area (TPSA) is 29.9 Å². The Hall–Kier alpha value is -1.06. The summed E-state index contributed by atoms with van der Waals surface area (Å²) in [5, 5.41) is 9.28. The van der Waals surface area contributed by atoms with Crippen LogP contribution in [-0.4, -0.2) is 23.4 Å². The molecule has 1 aromatic carbocycles. The summed E-state index contributed by atoms with van der Waals surface area (Å²) in [6, 6.07) is 6.13. The summed E-state index contributed by atoms with van der Waals surface area (Å²) in [7, 11) is 1.92. The SMILES string of the molecule is CNCCn1nc2ccc(C)cc2c1Cl. The summed E-state index contributed by atoms with van der Waals surface area (Å²) in [6.07, 6.45) is 0. The van der Waals surface area contributed by atoms with Gasteiger partial charge in [0, 0.05) is 11.9 Å². The van der Waals surface area contributed by atoms with Gasteiger partial charge in [-0.25, -0.2) is 0 Å². The number of hydrogen-bond acceptors (Lipinski definition) is 2. The van der Waals surface area contributed by atoms with Gasteiger partial charge in [-0.15, -0.1) is 0 Å². The average Bonchev–Trinajstić information content (AvgIpc) is 2.53. The van der Waals surface area contributed by atoms with Gasteiger partial charge in [0.2, 0.25) is 0 Å². The molecule has 2 rings (SSSR count). The standard InChI is InChI=1S/C11H14ClN3/c1-8-3-4-10-9(7-8)11(12)15(14-10)6-5-13-2/h3-4,7,13H,5-6H2,1-2H3. The number of hydrogen-bond donors (Lipinski definition) is 1. The van der Waals surface area contributed by atoms with Crippen LogP contribution in [0.2, 0.25) is 5.15 Å². The Morgan fingerprint density at radius 3 is 3.00 bits per heavy atom. The second-order valence-corrected chi connectivity index (χ2v) is 4.00. The minimum atomic E-state index is 0.726. The normalized spacial score (nSPS) is 11.1. The van der Waals surface area contributed by atoms with E-state index in [1.807, 2.05) is 23.9 Å². The Bertz CT molecular complexity index is 476. The molecule has 80 valence electrons. The van der Waals surface area contributed by atoms with E-state index in [4.69, 9.17) is 11.6 Å². The summed E-state index contributed by atoms with van der Waals surface area (Å²) in [5.74, 6) is 0. The van der Waals surface area contributed by atoms with Gasteiger partial charge in [-0.2, -0.15) is 5.10 Å². The lowest BCUT2D eigenvalue weighted by molar-refractivity contribution is 0.590. The third kappa shape index (κ3) is 1.98. The van der Waals surface area contributed by atoms with Crippen LogP contribution >= 0.6 is 11.6 Å². The predicted molar refractivity (Wildman–Crippen MR) is 63.4 cm³/mol. The Morgan fingerprint density at radius 1 is 1.47 bits per heavy atom. The molecule has 0 aliphatic heterocycles. The van der Waals surface area contributed by atoms with Crippen molar-refractivity contribution in [3.05, 3.63) is 28.9 Å². The van der Waals surface area contributed by atoms with Crippen LogP contribution in [0.25, 0.3) is 10.9 Å². The summed E-state index contributed by atoms with van der Waals surface area (Å²) in [5.41, 5.74) is 2.17. The average molecular weight is 224 g/mol. The molecule has 0 spiro atoms. The maximum absolute atomic E-state index is 6.24. The second kappa shape index (κ2) is 4.21. The van der Waals surface area contributed by atoms with Crippen molar-refractivity contribution in [2.24, 2.45) is 0 Å². The van der Waals surface area contributed by atoms with Gasteiger partial charge >= 0.3 is 0 Å². The van der Waals surface area contributed by atoms with Crippen LogP contribution in [0.3, 0.4) is 0 Å². The minimum absolute atomic E-state index is 0.726. The van der Waals surface area contributed by atoms with Crippen molar-refractivity contribution >= 4 is 22.5 Å². The Labute approximate surface area is 94.0 Å². The molecule has 0 amide bonds. The number of benzene rings is 1. The number of fused-ring (bicyclic) bond motifs is 1. The van der Waals surface area contributed by atoms with E-state index in [9.17, 15) is 0 Å². The number of nitrogens with zero attached hydrogens (tertiary/aromatic N) is 2. The molecule has 0 aliphatic rings. The molecule has 1 N–H and O–H groups in total. The molecule has 0 unspecified atom stereocenters. The fraction of sp³-hybridized carbons (Fsp3) is 0.364. The molecule has 15 heavy (non-hydrogen) atoms. The fourth-order valence-electron chi connectivity index (χ4n) is 1.58. The molecule has 0 bridgehead atoms. The molecule has 0 saturated heterocycles. The van der Waals surface area contributed by atoms with E-state index in [2.05, 4.69) is 23.4 Å². The van der Waals surface area contributed by atoms with Crippen molar-refractivity contribution in [1.82, 2.24) is 15.1 Å². The highest BCUT2D eigenvalue weighted by Crippen LogP contribution is 2.23. The van der Waals surface area contributed by atoms with Crippen molar-refractivity contribution in [3.63, 3.8) is 0 Å². The highest BCUT2D eigenvalue weighted by Gasteiger charge is 2.08. The molecule has 2 aromatic rings. The van der Waals surface area contributed by atoms with Gasteiger partial charge in [-0.3, -0.25) is 4.68 Å². The summed E-state index contributed by atoms with van der Waals surface area (Å²) < 4.78 is 1.84. The maximum Gasteiger partial charge on any atom is 0.134 e. The van der Waals surface area contributed by atoms with Crippen LogP contribution in [-0.2, 0) is 6.54 Å². The third-order valence-electron chi connectivity index (χ3n) is 2.40. The van der Waals surface area contributed by atoms with Gasteiger partial charge in [0.1, 0.15) is 5.15 Å². The van der Waals surface area contributed by atoms with E-state index in [0.717, 1.165) is 29.1 Å². The molecule has 0 saturated carbocycles. The lowest BCUT2D eigenvalue weighted by Gasteiger charge is -2.00. The fourth-order valence-corrected chi connectivity index (χ4v) is 1.85. The first-order valence-corrected chi connectivity index (χ1v) is 5.37. The number of halogens is 1. The Morgan fingerprint density at radius 2 is 2.27 bits per heavy atom. The zero-order chi connectivity index (χ0) is 10.8. The zero-order valence-electron chi connectivity index (χ0n) is 8.92. The quantitative estimate of drug-likeness (QED) is 0.865. The Balaban J connectivity index is 2.45. The van der Waals surface area contributed by atoms with E-state index >= 15 is 0 Å². The number of nitrogens with one attached hydrogen (secondary N) is 1. The van der Waals surface area contributed by atoms with Gasteiger partial charge in [-0.05, 0) is 26.1 Å². The van der Waals surface area contributed by atoms with Crippen molar-refractivity contribution in [2.45, 2.75) is 13.5 Å². The molecular weight excluding hydrogens is 210 g/mol. The predicted octanol–water partition coefficient (Wildman–Crippen LogP) is 2.22. The number of likely N-dealkylation sites (N-methyl/N-ethyl adjacent to an activating group) is 1. The van der Waals surface area contributed by atoms with Crippen molar-refractivity contribution in [2.75, 3.05) is 13.6 Å². The number of rotatable bonds is 3. The van der Waals surface area contributed by atoms with Crippen molar-refractivity contribution in [3.8, 4) is 0 Å². The van der Waals surface area contributed by atoms with Crippen LogP contribution in [0.4, 0.5) is 0 Å².